The molecular weight excluding hydrogens is 254 g/mol. The quantitative estimate of drug-likeness (QED) is 0.565. The van der Waals surface area contributed by atoms with E-state index in [4.69, 9.17) is 11.6 Å². The second-order valence-corrected chi connectivity index (χ2v) is 4.05. The van der Waals surface area contributed by atoms with Crippen LogP contribution in [0.1, 0.15) is 18.4 Å². The van der Waals surface area contributed by atoms with E-state index in [1.165, 1.54) is 6.07 Å². The maximum absolute atomic E-state index is 13.2. The van der Waals surface area contributed by atoms with Crippen LogP contribution in [0.3, 0.4) is 0 Å². The smallest absolute Gasteiger partial charge is 0.127 e. The summed E-state index contributed by atoms with van der Waals surface area (Å²) in [7, 11) is 0. The van der Waals surface area contributed by atoms with Crippen LogP contribution in [0, 0.1) is 5.82 Å². The first kappa shape index (κ1) is 11.0. The van der Waals surface area contributed by atoms with Gasteiger partial charge in [0.25, 0.3) is 0 Å². The maximum atomic E-state index is 13.2. The van der Waals surface area contributed by atoms with Crippen LogP contribution >= 0.6 is 27.5 Å². The highest BCUT2D eigenvalue weighted by molar-refractivity contribution is 9.09. The molecule has 0 spiro atoms. The van der Waals surface area contributed by atoms with Crippen molar-refractivity contribution in [2.45, 2.75) is 19.3 Å². The molecule has 0 unspecified atom stereocenters. The van der Waals surface area contributed by atoms with Gasteiger partial charge in [-0.2, -0.15) is 0 Å². The van der Waals surface area contributed by atoms with Crippen molar-refractivity contribution in [3.63, 3.8) is 0 Å². The molecule has 0 aliphatic heterocycles. The highest BCUT2D eigenvalue weighted by Gasteiger charge is 2.05. The Morgan fingerprint density at radius 2 is 2.08 bits per heavy atom. The van der Waals surface area contributed by atoms with E-state index in [0.29, 0.717) is 10.6 Å². The zero-order chi connectivity index (χ0) is 9.68. The van der Waals surface area contributed by atoms with Crippen molar-refractivity contribution in [1.82, 2.24) is 0 Å². The number of unbranched alkanes of at least 4 members (excludes halogenated alkanes) is 1. The van der Waals surface area contributed by atoms with Crippen LogP contribution in [-0.2, 0) is 6.42 Å². The van der Waals surface area contributed by atoms with E-state index < -0.39 is 0 Å². The van der Waals surface area contributed by atoms with Crippen LogP contribution < -0.4 is 0 Å². The lowest BCUT2D eigenvalue weighted by atomic mass is 10.1. The van der Waals surface area contributed by atoms with Gasteiger partial charge in [-0.3, -0.25) is 0 Å². The summed E-state index contributed by atoms with van der Waals surface area (Å²) in [4.78, 5) is 0. The molecular formula is C10H11BrClF. The molecule has 0 saturated carbocycles. The molecule has 0 aliphatic carbocycles. The van der Waals surface area contributed by atoms with Gasteiger partial charge in [-0.25, -0.2) is 4.39 Å². The third-order valence-corrected chi connectivity index (χ3v) is 2.79. The molecule has 0 aliphatic rings. The number of halogens is 3. The minimum absolute atomic E-state index is 0.193. The molecule has 0 radical (unpaired) electrons. The van der Waals surface area contributed by atoms with E-state index in [1.807, 2.05) is 0 Å². The summed E-state index contributed by atoms with van der Waals surface area (Å²) in [5.41, 5.74) is 0.644. The fourth-order valence-electron chi connectivity index (χ4n) is 1.17. The Hall–Kier alpha value is -0.0800. The van der Waals surface area contributed by atoms with E-state index in [2.05, 4.69) is 15.9 Å². The molecule has 0 saturated heterocycles. The molecule has 0 fully saturated rings. The van der Waals surface area contributed by atoms with Gasteiger partial charge in [-0.1, -0.05) is 33.6 Å². The Labute approximate surface area is 91.2 Å². The van der Waals surface area contributed by atoms with E-state index in [-0.39, 0.29) is 5.82 Å². The summed E-state index contributed by atoms with van der Waals surface area (Å²) in [6.07, 6.45) is 2.73. The molecule has 3 heteroatoms. The first-order valence-corrected chi connectivity index (χ1v) is 5.74. The van der Waals surface area contributed by atoms with Gasteiger partial charge in [0.2, 0.25) is 0 Å². The first-order chi connectivity index (χ1) is 6.25. The number of hydrogen-bond acceptors (Lipinski definition) is 0. The molecule has 0 atom stereocenters. The predicted molar refractivity (Wildman–Crippen MR) is 58.1 cm³/mol. The van der Waals surface area contributed by atoms with Crippen LogP contribution in [0.5, 0.6) is 0 Å². The van der Waals surface area contributed by atoms with Gasteiger partial charge in [-0.15, -0.1) is 0 Å². The standard InChI is InChI=1S/C10H11BrClF/c11-7-2-1-4-8-9(12)5-3-6-10(8)13/h3,5-6H,1-2,4,7H2. The zero-order valence-electron chi connectivity index (χ0n) is 7.19. The SMILES string of the molecule is Fc1cccc(Cl)c1CCCCBr. The topological polar surface area (TPSA) is 0 Å². The lowest BCUT2D eigenvalue weighted by Crippen LogP contribution is -1.92. The van der Waals surface area contributed by atoms with Crippen LogP contribution in [0.2, 0.25) is 5.02 Å². The molecule has 1 aromatic rings. The Balaban J connectivity index is 2.64. The second-order valence-electron chi connectivity index (χ2n) is 2.85. The minimum atomic E-state index is -0.193. The number of hydrogen-bond donors (Lipinski definition) is 0. The van der Waals surface area contributed by atoms with E-state index in [1.54, 1.807) is 12.1 Å². The Morgan fingerprint density at radius 1 is 1.31 bits per heavy atom. The van der Waals surface area contributed by atoms with E-state index in [0.717, 1.165) is 24.6 Å². The molecule has 1 aromatic carbocycles. The minimum Gasteiger partial charge on any atom is -0.207 e. The molecule has 1 rings (SSSR count). The van der Waals surface area contributed by atoms with Gasteiger partial charge in [0.15, 0.2) is 0 Å². The van der Waals surface area contributed by atoms with Crippen molar-refractivity contribution >= 4 is 27.5 Å². The molecule has 0 nitrogen and oxygen atoms in total. The second kappa shape index (κ2) is 5.61. The predicted octanol–water partition coefficient (Wildman–Crippen LogP) is 4.20. The van der Waals surface area contributed by atoms with Crippen molar-refractivity contribution in [3.8, 4) is 0 Å². The van der Waals surface area contributed by atoms with Gasteiger partial charge in [0, 0.05) is 15.9 Å². The highest BCUT2D eigenvalue weighted by Crippen LogP contribution is 2.20. The average molecular weight is 266 g/mol. The molecule has 72 valence electrons. The fourth-order valence-corrected chi connectivity index (χ4v) is 1.82. The van der Waals surface area contributed by atoms with Gasteiger partial charge >= 0.3 is 0 Å². The zero-order valence-corrected chi connectivity index (χ0v) is 9.54. The van der Waals surface area contributed by atoms with Crippen LogP contribution in [0.15, 0.2) is 18.2 Å². The Morgan fingerprint density at radius 3 is 2.69 bits per heavy atom. The van der Waals surface area contributed by atoms with Crippen molar-refractivity contribution in [2.24, 2.45) is 0 Å². The van der Waals surface area contributed by atoms with Crippen LogP contribution in [0.4, 0.5) is 4.39 Å². The molecule has 0 bridgehead atoms. The van der Waals surface area contributed by atoms with Crippen LogP contribution in [0.25, 0.3) is 0 Å². The average Bonchev–Trinajstić information content (AvgIpc) is 2.10. The monoisotopic (exact) mass is 264 g/mol. The van der Waals surface area contributed by atoms with Crippen molar-refractivity contribution < 1.29 is 4.39 Å². The number of rotatable bonds is 4. The summed E-state index contributed by atoms with van der Waals surface area (Å²) in [5, 5.41) is 1.49. The van der Waals surface area contributed by atoms with Crippen molar-refractivity contribution in [2.75, 3.05) is 5.33 Å². The third kappa shape index (κ3) is 3.28. The molecule has 0 aromatic heterocycles. The third-order valence-electron chi connectivity index (χ3n) is 1.87. The molecule has 0 N–H and O–H groups in total. The first-order valence-electron chi connectivity index (χ1n) is 4.24. The number of benzene rings is 1. The van der Waals surface area contributed by atoms with Gasteiger partial charge in [0.05, 0.1) is 0 Å². The summed E-state index contributed by atoms with van der Waals surface area (Å²) in [5.74, 6) is -0.193. The van der Waals surface area contributed by atoms with E-state index >= 15 is 0 Å². The summed E-state index contributed by atoms with van der Waals surface area (Å²) < 4.78 is 13.2. The van der Waals surface area contributed by atoms with Crippen LogP contribution in [-0.4, -0.2) is 5.33 Å². The van der Waals surface area contributed by atoms with Crippen molar-refractivity contribution in [1.29, 1.82) is 0 Å². The van der Waals surface area contributed by atoms with Gasteiger partial charge in [-0.05, 0) is 31.4 Å². The van der Waals surface area contributed by atoms with E-state index in [9.17, 15) is 4.39 Å². The van der Waals surface area contributed by atoms with Crippen molar-refractivity contribution in [3.05, 3.63) is 34.6 Å². The lowest BCUT2D eigenvalue weighted by Gasteiger charge is -2.04. The lowest BCUT2D eigenvalue weighted by molar-refractivity contribution is 0.604. The molecule has 13 heavy (non-hydrogen) atoms. The maximum Gasteiger partial charge on any atom is 0.127 e. The molecule has 0 heterocycles. The van der Waals surface area contributed by atoms with Gasteiger partial charge in [0.1, 0.15) is 5.82 Å². The normalized spacial score (nSPS) is 10.4. The van der Waals surface area contributed by atoms with Gasteiger partial charge < -0.3 is 0 Å². The summed E-state index contributed by atoms with van der Waals surface area (Å²) in [6, 6.07) is 4.81. The molecule has 0 amide bonds. The summed E-state index contributed by atoms with van der Waals surface area (Å²) in [6.45, 7) is 0. The Bertz CT molecular complexity index is 255. The summed E-state index contributed by atoms with van der Waals surface area (Å²) >= 11 is 9.19. The fraction of sp³-hybridized carbons (Fsp3) is 0.400. The Kier molecular flexibility index (Phi) is 4.74. The largest absolute Gasteiger partial charge is 0.207 e. The number of alkyl halides is 1. The highest BCUT2D eigenvalue weighted by atomic mass is 79.9.